The van der Waals surface area contributed by atoms with Crippen LogP contribution in [0.15, 0.2) is 54.7 Å². The maximum Gasteiger partial charge on any atom is 0.228 e. The van der Waals surface area contributed by atoms with Gasteiger partial charge < -0.3 is 5.32 Å². The van der Waals surface area contributed by atoms with Gasteiger partial charge in [-0.05, 0) is 29.8 Å². The van der Waals surface area contributed by atoms with Crippen molar-refractivity contribution in [3.8, 4) is 0 Å². The fourth-order valence-electron chi connectivity index (χ4n) is 2.27. The molecule has 0 aliphatic heterocycles. The van der Waals surface area contributed by atoms with E-state index in [-0.39, 0.29) is 12.3 Å². The number of aromatic nitrogens is 1. The molecule has 2 aromatic carbocycles. The van der Waals surface area contributed by atoms with Crippen molar-refractivity contribution in [2.75, 3.05) is 5.32 Å². The lowest BCUT2D eigenvalue weighted by Crippen LogP contribution is -2.15. The molecule has 0 saturated heterocycles. The Balaban J connectivity index is 1.81. The average molecular weight is 331 g/mol. The quantitative estimate of drug-likeness (QED) is 0.754. The van der Waals surface area contributed by atoms with Crippen LogP contribution in [0.4, 0.5) is 5.69 Å². The topological polar surface area (TPSA) is 42.0 Å². The molecule has 1 heterocycles. The Morgan fingerprint density at radius 3 is 2.73 bits per heavy atom. The van der Waals surface area contributed by atoms with Crippen LogP contribution in [-0.4, -0.2) is 10.9 Å². The molecule has 22 heavy (non-hydrogen) atoms. The Morgan fingerprint density at radius 1 is 1.09 bits per heavy atom. The summed E-state index contributed by atoms with van der Waals surface area (Å²) in [6.07, 6.45) is 1.95. The smallest absolute Gasteiger partial charge is 0.228 e. The molecular weight excluding hydrogens is 319 g/mol. The van der Waals surface area contributed by atoms with E-state index in [0.29, 0.717) is 15.7 Å². The number of pyridine rings is 1. The summed E-state index contributed by atoms with van der Waals surface area (Å²) in [6.45, 7) is 0. The number of nitrogens with one attached hydrogen (secondary N) is 1. The van der Waals surface area contributed by atoms with Gasteiger partial charge in [0, 0.05) is 16.6 Å². The van der Waals surface area contributed by atoms with Crippen LogP contribution >= 0.6 is 23.2 Å². The molecule has 0 bridgehead atoms. The van der Waals surface area contributed by atoms with Crippen molar-refractivity contribution in [3.63, 3.8) is 0 Å². The number of hydrogen-bond acceptors (Lipinski definition) is 2. The van der Waals surface area contributed by atoms with Crippen molar-refractivity contribution >= 4 is 45.7 Å². The third-order valence-electron chi connectivity index (χ3n) is 3.27. The monoisotopic (exact) mass is 330 g/mol. The number of carbonyl (C=O) groups excluding carboxylic acids is 1. The predicted molar refractivity (Wildman–Crippen MR) is 90.5 cm³/mol. The third-order valence-corrected chi connectivity index (χ3v) is 3.82. The first-order valence-electron chi connectivity index (χ1n) is 6.71. The number of amides is 1. The Morgan fingerprint density at radius 2 is 1.91 bits per heavy atom. The minimum atomic E-state index is -0.151. The standard InChI is InChI=1S/C17H12Cl2N2O/c18-13-6-7-15(14(19)10-13)21-16(22)9-12-4-1-3-11-5-2-8-20-17(11)12/h1-8,10H,9H2,(H,21,22). The fourth-order valence-corrected chi connectivity index (χ4v) is 2.72. The van der Waals surface area contributed by atoms with Crippen molar-refractivity contribution in [2.45, 2.75) is 6.42 Å². The molecule has 0 atom stereocenters. The van der Waals surface area contributed by atoms with Crippen LogP contribution in [-0.2, 0) is 11.2 Å². The Kier molecular flexibility index (Phi) is 4.27. The molecule has 110 valence electrons. The molecule has 1 N–H and O–H groups in total. The summed E-state index contributed by atoms with van der Waals surface area (Å²) in [6, 6.07) is 14.6. The van der Waals surface area contributed by atoms with Gasteiger partial charge in [0.05, 0.1) is 22.6 Å². The Labute approximate surface area is 137 Å². The van der Waals surface area contributed by atoms with Crippen LogP contribution < -0.4 is 5.32 Å². The normalized spacial score (nSPS) is 10.6. The molecule has 1 amide bonds. The van der Waals surface area contributed by atoms with Gasteiger partial charge in [-0.3, -0.25) is 9.78 Å². The SMILES string of the molecule is O=C(Cc1cccc2cccnc12)Nc1ccc(Cl)cc1Cl. The highest BCUT2D eigenvalue weighted by Gasteiger charge is 2.10. The van der Waals surface area contributed by atoms with Crippen molar-refractivity contribution < 1.29 is 4.79 Å². The largest absolute Gasteiger partial charge is 0.324 e. The van der Waals surface area contributed by atoms with Gasteiger partial charge in [0.1, 0.15) is 0 Å². The van der Waals surface area contributed by atoms with E-state index in [0.717, 1.165) is 16.5 Å². The van der Waals surface area contributed by atoms with Crippen LogP contribution in [0.1, 0.15) is 5.56 Å². The number of para-hydroxylation sites is 1. The second-order valence-corrected chi connectivity index (χ2v) is 5.69. The number of nitrogens with zero attached hydrogens (tertiary/aromatic N) is 1. The summed E-state index contributed by atoms with van der Waals surface area (Å²) in [5.74, 6) is -0.151. The van der Waals surface area contributed by atoms with E-state index < -0.39 is 0 Å². The molecule has 0 spiro atoms. The lowest BCUT2D eigenvalue weighted by Gasteiger charge is -2.09. The zero-order chi connectivity index (χ0) is 15.5. The van der Waals surface area contributed by atoms with E-state index in [2.05, 4.69) is 10.3 Å². The van der Waals surface area contributed by atoms with Gasteiger partial charge in [0.25, 0.3) is 0 Å². The summed E-state index contributed by atoms with van der Waals surface area (Å²) in [4.78, 5) is 16.6. The predicted octanol–water partition coefficient (Wildman–Crippen LogP) is 4.72. The molecule has 5 heteroatoms. The molecule has 0 fully saturated rings. The number of benzene rings is 2. The highest BCUT2D eigenvalue weighted by Crippen LogP contribution is 2.25. The van der Waals surface area contributed by atoms with Gasteiger partial charge in [-0.1, -0.05) is 47.5 Å². The number of fused-ring (bicyclic) bond motifs is 1. The van der Waals surface area contributed by atoms with Crippen molar-refractivity contribution in [1.29, 1.82) is 0 Å². The van der Waals surface area contributed by atoms with Gasteiger partial charge in [-0.15, -0.1) is 0 Å². The van der Waals surface area contributed by atoms with E-state index in [1.54, 1.807) is 24.4 Å². The molecule has 0 unspecified atom stereocenters. The van der Waals surface area contributed by atoms with Crippen molar-refractivity contribution in [2.24, 2.45) is 0 Å². The fraction of sp³-hybridized carbons (Fsp3) is 0.0588. The van der Waals surface area contributed by atoms with Crippen LogP contribution in [0.5, 0.6) is 0 Å². The molecule has 0 radical (unpaired) electrons. The first-order valence-corrected chi connectivity index (χ1v) is 7.46. The molecule has 0 aliphatic carbocycles. The van der Waals surface area contributed by atoms with Crippen LogP contribution in [0, 0.1) is 0 Å². The number of halogens is 2. The second kappa shape index (κ2) is 6.34. The van der Waals surface area contributed by atoms with E-state index in [4.69, 9.17) is 23.2 Å². The van der Waals surface area contributed by atoms with Gasteiger partial charge in [-0.2, -0.15) is 0 Å². The molecular formula is C17H12Cl2N2O. The molecule has 0 aliphatic rings. The summed E-state index contributed by atoms with van der Waals surface area (Å²) < 4.78 is 0. The van der Waals surface area contributed by atoms with Gasteiger partial charge in [-0.25, -0.2) is 0 Å². The summed E-state index contributed by atoms with van der Waals surface area (Å²) in [5.41, 5.74) is 2.26. The van der Waals surface area contributed by atoms with E-state index in [9.17, 15) is 4.79 Å². The van der Waals surface area contributed by atoms with Gasteiger partial charge in [0.15, 0.2) is 0 Å². The van der Waals surface area contributed by atoms with Crippen molar-refractivity contribution in [1.82, 2.24) is 4.98 Å². The Hall–Kier alpha value is -2.10. The number of carbonyl (C=O) groups is 1. The lowest BCUT2D eigenvalue weighted by atomic mass is 10.1. The lowest BCUT2D eigenvalue weighted by molar-refractivity contribution is -0.115. The van der Waals surface area contributed by atoms with E-state index >= 15 is 0 Å². The van der Waals surface area contributed by atoms with Crippen LogP contribution in [0.3, 0.4) is 0 Å². The summed E-state index contributed by atoms with van der Waals surface area (Å²) >= 11 is 11.9. The first-order chi connectivity index (χ1) is 10.6. The van der Waals surface area contributed by atoms with Gasteiger partial charge >= 0.3 is 0 Å². The van der Waals surface area contributed by atoms with Crippen molar-refractivity contribution in [3.05, 3.63) is 70.3 Å². The Bertz CT molecular complexity index is 844. The molecule has 3 nitrogen and oxygen atoms in total. The summed E-state index contributed by atoms with van der Waals surface area (Å²) in [5, 5.41) is 4.75. The molecule has 3 rings (SSSR count). The van der Waals surface area contributed by atoms with E-state index in [1.165, 1.54) is 0 Å². The number of rotatable bonds is 3. The first kappa shape index (κ1) is 14.8. The molecule has 3 aromatic rings. The van der Waals surface area contributed by atoms with Crippen LogP contribution in [0.2, 0.25) is 10.0 Å². The third kappa shape index (κ3) is 3.21. The zero-order valence-electron chi connectivity index (χ0n) is 11.5. The molecule has 1 aromatic heterocycles. The maximum absolute atomic E-state index is 12.2. The highest BCUT2D eigenvalue weighted by atomic mass is 35.5. The minimum Gasteiger partial charge on any atom is -0.324 e. The zero-order valence-corrected chi connectivity index (χ0v) is 13.0. The molecule has 0 saturated carbocycles. The number of anilines is 1. The van der Waals surface area contributed by atoms with Crippen LogP contribution in [0.25, 0.3) is 10.9 Å². The average Bonchev–Trinajstić information content (AvgIpc) is 2.50. The highest BCUT2D eigenvalue weighted by molar-refractivity contribution is 6.36. The van der Waals surface area contributed by atoms with E-state index in [1.807, 2.05) is 30.3 Å². The number of hydrogen-bond donors (Lipinski definition) is 1. The van der Waals surface area contributed by atoms with Gasteiger partial charge in [0.2, 0.25) is 5.91 Å². The summed E-state index contributed by atoms with van der Waals surface area (Å²) in [7, 11) is 0. The minimum absolute atomic E-state index is 0.151. The second-order valence-electron chi connectivity index (χ2n) is 4.84. The maximum atomic E-state index is 12.2.